The van der Waals surface area contributed by atoms with Gasteiger partial charge in [0.15, 0.2) is 0 Å². The molecule has 2 nitrogen and oxygen atoms in total. The molecule has 4 heteroatoms. The Bertz CT molecular complexity index is 220. The fraction of sp³-hybridized carbons (Fsp3) is 0. The van der Waals surface area contributed by atoms with Crippen molar-refractivity contribution in [1.82, 2.24) is 0 Å². The maximum atomic E-state index is 8.13. The molecular weight excluding hydrogens is 249 g/mol. The van der Waals surface area contributed by atoms with Crippen LogP contribution in [0.1, 0.15) is 5.56 Å². The van der Waals surface area contributed by atoms with E-state index >= 15 is 0 Å². The van der Waals surface area contributed by atoms with Crippen molar-refractivity contribution < 1.29 is 5.21 Å². The zero-order valence-corrected chi connectivity index (χ0v) is 7.39. The number of hydrogen-bond acceptors (Lipinski definition) is 3. The zero-order valence-electron chi connectivity index (χ0n) is 4.41. The van der Waals surface area contributed by atoms with E-state index in [-0.39, 0.29) is 0 Å². The second-order valence-corrected chi connectivity index (χ2v) is 4.12. The molecule has 0 aromatic carbocycles. The molecule has 0 saturated carbocycles. The van der Waals surface area contributed by atoms with Gasteiger partial charge < -0.3 is 5.21 Å². The highest BCUT2D eigenvalue weighted by Crippen LogP contribution is 2.16. The molecule has 0 saturated heterocycles. The minimum absolute atomic E-state index is 0.975. The normalized spacial score (nSPS) is 10.8. The standard InChI is InChI=1S/C5H4INOS/c6-5-4(3-7-8)1-2-9-5/h1-3,8H. The Morgan fingerprint density at radius 3 is 3.00 bits per heavy atom. The average molecular weight is 253 g/mol. The van der Waals surface area contributed by atoms with Gasteiger partial charge in [0, 0.05) is 5.56 Å². The van der Waals surface area contributed by atoms with Crippen LogP contribution in [0.3, 0.4) is 0 Å². The molecule has 1 N–H and O–H groups in total. The highest BCUT2D eigenvalue weighted by atomic mass is 127. The minimum Gasteiger partial charge on any atom is -0.411 e. The topological polar surface area (TPSA) is 32.6 Å². The quantitative estimate of drug-likeness (QED) is 0.353. The summed E-state index contributed by atoms with van der Waals surface area (Å²) in [6, 6.07) is 1.91. The number of nitrogens with zero attached hydrogens (tertiary/aromatic N) is 1. The molecule has 0 fully saturated rings. The Balaban J connectivity index is 2.94. The van der Waals surface area contributed by atoms with E-state index in [0.717, 1.165) is 8.45 Å². The van der Waals surface area contributed by atoms with Crippen LogP contribution in [0.2, 0.25) is 0 Å². The molecule has 0 unspecified atom stereocenters. The van der Waals surface area contributed by atoms with E-state index in [9.17, 15) is 0 Å². The van der Waals surface area contributed by atoms with Crippen LogP contribution in [0.15, 0.2) is 16.6 Å². The van der Waals surface area contributed by atoms with Crippen molar-refractivity contribution in [2.75, 3.05) is 0 Å². The Morgan fingerprint density at radius 2 is 2.56 bits per heavy atom. The third-order valence-electron chi connectivity index (χ3n) is 0.843. The lowest BCUT2D eigenvalue weighted by atomic mass is 10.4. The predicted molar refractivity (Wildman–Crippen MR) is 46.4 cm³/mol. The van der Waals surface area contributed by atoms with Gasteiger partial charge in [-0.25, -0.2) is 0 Å². The van der Waals surface area contributed by atoms with Crippen LogP contribution >= 0.6 is 33.9 Å². The van der Waals surface area contributed by atoms with E-state index < -0.39 is 0 Å². The van der Waals surface area contributed by atoms with Crippen molar-refractivity contribution in [3.63, 3.8) is 0 Å². The molecule has 0 aliphatic heterocycles. The number of thiophene rings is 1. The van der Waals surface area contributed by atoms with Gasteiger partial charge in [-0.1, -0.05) is 5.16 Å². The van der Waals surface area contributed by atoms with Gasteiger partial charge in [-0.2, -0.15) is 0 Å². The van der Waals surface area contributed by atoms with Gasteiger partial charge in [0.05, 0.1) is 9.10 Å². The second kappa shape index (κ2) is 3.17. The number of oxime groups is 1. The molecule has 1 aromatic heterocycles. The summed E-state index contributed by atoms with van der Waals surface area (Å²) in [5.41, 5.74) is 0.975. The number of rotatable bonds is 1. The van der Waals surface area contributed by atoms with Gasteiger partial charge in [0.2, 0.25) is 0 Å². The van der Waals surface area contributed by atoms with Gasteiger partial charge in [-0.3, -0.25) is 0 Å². The van der Waals surface area contributed by atoms with Gasteiger partial charge >= 0.3 is 0 Å². The van der Waals surface area contributed by atoms with E-state index in [1.165, 1.54) is 6.21 Å². The Morgan fingerprint density at radius 1 is 1.78 bits per heavy atom. The lowest BCUT2D eigenvalue weighted by molar-refractivity contribution is 0.322. The summed E-state index contributed by atoms with van der Waals surface area (Å²) in [6.07, 6.45) is 1.43. The first kappa shape index (κ1) is 7.01. The fourth-order valence-electron chi connectivity index (χ4n) is 0.457. The molecule has 0 spiro atoms. The van der Waals surface area contributed by atoms with E-state index in [0.29, 0.717) is 0 Å². The second-order valence-electron chi connectivity index (χ2n) is 1.39. The van der Waals surface area contributed by atoms with Crippen LogP contribution in [-0.4, -0.2) is 11.4 Å². The first-order chi connectivity index (χ1) is 4.34. The van der Waals surface area contributed by atoms with Gasteiger partial charge in [-0.15, -0.1) is 11.3 Å². The Kier molecular flexibility index (Phi) is 2.47. The molecule has 0 bridgehead atoms. The van der Waals surface area contributed by atoms with Crippen LogP contribution in [-0.2, 0) is 0 Å². The van der Waals surface area contributed by atoms with Crippen LogP contribution in [0.25, 0.3) is 0 Å². The first-order valence-corrected chi connectivity index (χ1v) is 4.21. The molecule has 0 aliphatic rings. The molecule has 1 heterocycles. The molecule has 1 aromatic rings. The van der Waals surface area contributed by atoms with E-state index in [2.05, 4.69) is 27.7 Å². The summed E-state index contributed by atoms with van der Waals surface area (Å²) in [5.74, 6) is 0. The summed E-state index contributed by atoms with van der Waals surface area (Å²) in [5, 5.41) is 13.0. The molecule has 48 valence electrons. The fourth-order valence-corrected chi connectivity index (χ4v) is 1.81. The summed E-state index contributed by atoms with van der Waals surface area (Å²) in [7, 11) is 0. The van der Waals surface area contributed by atoms with Crippen molar-refractivity contribution in [1.29, 1.82) is 0 Å². The zero-order chi connectivity index (χ0) is 6.69. The molecule has 9 heavy (non-hydrogen) atoms. The van der Waals surface area contributed by atoms with Crippen LogP contribution in [0.5, 0.6) is 0 Å². The van der Waals surface area contributed by atoms with Crippen LogP contribution in [0.4, 0.5) is 0 Å². The molecular formula is C5H4INOS. The average Bonchev–Trinajstić information content (AvgIpc) is 2.18. The van der Waals surface area contributed by atoms with Crippen molar-refractivity contribution in [2.24, 2.45) is 5.16 Å². The molecule has 1 rings (SSSR count). The van der Waals surface area contributed by atoms with Crippen molar-refractivity contribution in [3.05, 3.63) is 19.9 Å². The SMILES string of the molecule is ON=Cc1ccsc1I. The largest absolute Gasteiger partial charge is 0.411 e. The van der Waals surface area contributed by atoms with Crippen LogP contribution in [0, 0.1) is 2.88 Å². The lowest BCUT2D eigenvalue weighted by Gasteiger charge is -1.81. The van der Waals surface area contributed by atoms with Crippen molar-refractivity contribution in [3.8, 4) is 0 Å². The molecule has 0 radical (unpaired) electrons. The summed E-state index contributed by atoms with van der Waals surface area (Å²) >= 11 is 3.82. The molecule has 0 aliphatic carbocycles. The van der Waals surface area contributed by atoms with E-state index in [1.807, 2.05) is 11.4 Å². The minimum atomic E-state index is 0.975. The summed E-state index contributed by atoms with van der Waals surface area (Å²) in [6.45, 7) is 0. The third-order valence-corrected chi connectivity index (χ3v) is 2.94. The van der Waals surface area contributed by atoms with Gasteiger partial charge in [0.1, 0.15) is 0 Å². The molecule has 0 amide bonds. The first-order valence-electron chi connectivity index (χ1n) is 2.25. The summed E-state index contributed by atoms with van der Waals surface area (Å²) < 4.78 is 1.14. The lowest BCUT2D eigenvalue weighted by Crippen LogP contribution is -1.76. The van der Waals surface area contributed by atoms with Crippen LogP contribution < -0.4 is 0 Å². The smallest absolute Gasteiger partial charge is 0.0753 e. The van der Waals surface area contributed by atoms with Gasteiger partial charge in [0.25, 0.3) is 0 Å². The Hall–Kier alpha value is -0.100. The van der Waals surface area contributed by atoms with Gasteiger partial charge in [-0.05, 0) is 34.0 Å². The van der Waals surface area contributed by atoms with Crippen molar-refractivity contribution in [2.45, 2.75) is 0 Å². The van der Waals surface area contributed by atoms with Crippen molar-refractivity contribution >= 4 is 40.1 Å². The number of halogens is 1. The van der Waals surface area contributed by atoms with E-state index in [4.69, 9.17) is 5.21 Å². The number of hydrogen-bond donors (Lipinski definition) is 1. The summed E-state index contributed by atoms with van der Waals surface area (Å²) in [4.78, 5) is 0. The molecule has 0 atom stereocenters. The highest BCUT2D eigenvalue weighted by molar-refractivity contribution is 14.1. The monoisotopic (exact) mass is 253 g/mol. The van der Waals surface area contributed by atoms with E-state index in [1.54, 1.807) is 11.3 Å². The maximum Gasteiger partial charge on any atom is 0.0753 e. The maximum absolute atomic E-state index is 8.13. The Labute approximate surface area is 70.3 Å². The highest BCUT2D eigenvalue weighted by Gasteiger charge is 1.94. The third kappa shape index (κ3) is 1.65. The predicted octanol–water partition coefficient (Wildman–Crippen LogP) is 2.16.